The molecule has 1 aromatic rings. The summed E-state index contributed by atoms with van der Waals surface area (Å²) in [4.78, 5) is 11.5. The van der Waals surface area contributed by atoms with Gasteiger partial charge in [-0.15, -0.1) is 11.8 Å². The predicted molar refractivity (Wildman–Crippen MR) is 87.5 cm³/mol. The van der Waals surface area contributed by atoms with Crippen molar-refractivity contribution >= 4 is 27.8 Å². The topological polar surface area (TPSA) is 63.7 Å². The number of rotatable bonds is 6. The lowest BCUT2D eigenvalue weighted by atomic mass is 10.2. The molecule has 0 N–H and O–H groups in total. The summed E-state index contributed by atoms with van der Waals surface area (Å²) in [6.07, 6.45) is 1.64. The van der Waals surface area contributed by atoms with Crippen LogP contribution in [0.1, 0.15) is 18.9 Å². The molecule has 0 saturated carbocycles. The number of sulfonamides is 1. The summed E-state index contributed by atoms with van der Waals surface area (Å²) >= 11 is 1.46. The number of thioether (sulfide) groups is 1. The van der Waals surface area contributed by atoms with Crippen LogP contribution in [0.4, 0.5) is 0 Å². The van der Waals surface area contributed by atoms with Crippen LogP contribution in [0.25, 0.3) is 0 Å². The van der Waals surface area contributed by atoms with Gasteiger partial charge in [-0.3, -0.25) is 4.79 Å². The van der Waals surface area contributed by atoms with Gasteiger partial charge in [-0.05, 0) is 30.5 Å². The molecular formula is C15H21NO4S2. The summed E-state index contributed by atoms with van der Waals surface area (Å²) in [6, 6.07) is 7.05. The summed E-state index contributed by atoms with van der Waals surface area (Å²) in [5.74, 6) is -0.0123. The zero-order valence-corrected chi connectivity index (χ0v) is 14.5. The molecule has 1 fully saturated rings. The fourth-order valence-electron chi connectivity index (χ4n) is 2.34. The zero-order chi connectivity index (χ0) is 16.2. The van der Waals surface area contributed by atoms with Crippen molar-refractivity contribution < 1.29 is 17.9 Å². The summed E-state index contributed by atoms with van der Waals surface area (Å²) in [6.45, 7) is 2.98. The van der Waals surface area contributed by atoms with Crippen LogP contribution in [0.5, 0.6) is 0 Å². The van der Waals surface area contributed by atoms with Crippen molar-refractivity contribution in [2.24, 2.45) is 0 Å². The molecule has 1 saturated heterocycles. The van der Waals surface area contributed by atoms with Gasteiger partial charge in [0.05, 0.1) is 17.8 Å². The van der Waals surface area contributed by atoms with Crippen LogP contribution in [0.3, 0.4) is 0 Å². The SMILES string of the molecule is CCc1ccc(S(=O)(=O)N2CC[C@H](SCC(=O)OC)C2)cc1. The van der Waals surface area contributed by atoms with Gasteiger partial charge in [0.2, 0.25) is 10.0 Å². The van der Waals surface area contributed by atoms with Gasteiger partial charge in [0.1, 0.15) is 0 Å². The summed E-state index contributed by atoms with van der Waals surface area (Å²) in [7, 11) is -2.08. The Bertz CT molecular complexity index is 613. The quantitative estimate of drug-likeness (QED) is 0.739. The third-order valence-corrected chi connectivity index (χ3v) is 6.88. The van der Waals surface area contributed by atoms with Crippen LogP contribution in [-0.4, -0.2) is 49.9 Å². The monoisotopic (exact) mass is 343 g/mol. The molecular weight excluding hydrogens is 322 g/mol. The van der Waals surface area contributed by atoms with Crippen LogP contribution in [-0.2, 0) is 26.0 Å². The highest BCUT2D eigenvalue weighted by Crippen LogP contribution is 2.27. The minimum atomic E-state index is -3.44. The highest BCUT2D eigenvalue weighted by atomic mass is 32.2. The maximum atomic E-state index is 12.6. The van der Waals surface area contributed by atoms with Gasteiger partial charge in [-0.1, -0.05) is 19.1 Å². The van der Waals surface area contributed by atoms with Gasteiger partial charge >= 0.3 is 5.97 Å². The van der Waals surface area contributed by atoms with Crippen molar-refractivity contribution in [1.82, 2.24) is 4.31 Å². The van der Waals surface area contributed by atoms with E-state index in [4.69, 9.17) is 0 Å². The number of methoxy groups -OCH3 is 1. The van der Waals surface area contributed by atoms with Crippen molar-refractivity contribution in [2.75, 3.05) is 26.0 Å². The molecule has 0 radical (unpaired) electrons. The molecule has 0 amide bonds. The normalized spacial score (nSPS) is 19.3. The van der Waals surface area contributed by atoms with E-state index in [9.17, 15) is 13.2 Å². The summed E-state index contributed by atoms with van der Waals surface area (Å²) in [5, 5.41) is 0.142. The Morgan fingerprint density at radius 3 is 2.64 bits per heavy atom. The number of esters is 1. The predicted octanol–water partition coefficient (Wildman–Crippen LogP) is 1.92. The van der Waals surface area contributed by atoms with Gasteiger partial charge in [0, 0.05) is 18.3 Å². The first kappa shape index (κ1) is 17.3. The second kappa shape index (κ2) is 7.48. The van der Waals surface area contributed by atoms with E-state index in [1.165, 1.54) is 23.2 Å². The highest BCUT2D eigenvalue weighted by Gasteiger charge is 2.32. The van der Waals surface area contributed by atoms with E-state index in [0.717, 1.165) is 18.4 Å². The van der Waals surface area contributed by atoms with Gasteiger partial charge in [0.15, 0.2) is 0 Å². The third kappa shape index (κ3) is 4.02. The number of benzene rings is 1. The molecule has 0 bridgehead atoms. The van der Waals surface area contributed by atoms with Crippen molar-refractivity contribution in [1.29, 1.82) is 0 Å². The van der Waals surface area contributed by atoms with Gasteiger partial charge in [-0.25, -0.2) is 8.42 Å². The van der Waals surface area contributed by atoms with Gasteiger partial charge in [0.25, 0.3) is 0 Å². The maximum absolute atomic E-state index is 12.6. The Morgan fingerprint density at radius 1 is 1.36 bits per heavy atom. The second-order valence-corrected chi connectivity index (χ2v) is 8.38. The lowest BCUT2D eigenvalue weighted by Gasteiger charge is -2.16. The molecule has 1 aromatic carbocycles. The molecule has 0 aliphatic carbocycles. The molecule has 1 heterocycles. The lowest BCUT2D eigenvalue weighted by molar-refractivity contribution is -0.137. The van der Waals surface area contributed by atoms with Crippen molar-refractivity contribution in [3.8, 4) is 0 Å². The van der Waals surface area contributed by atoms with E-state index < -0.39 is 10.0 Å². The van der Waals surface area contributed by atoms with Crippen molar-refractivity contribution in [2.45, 2.75) is 29.9 Å². The van der Waals surface area contributed by atoms with E-state index in [-0.39, 0.29) is 17.0 Å². The number of hydrogen-bond acceptors (Lipinski definition) is 5. The smallest absolute Gasteiger partial charge is 0.315 e. The molecule has 1 atom stereocenters. The Labute approximate surface area is 136 Å². The molecule has 1 aliphatic heterocycles. The van der Waals surface area contributed by atoms with E-state index in [1.807, 2.05) is 19.1 Å². The Morgan fingerprint density at radius 2 is 2.05 bits per heavy atom. The highest BCUT2D eigenvalue weighted by molar-refractivity contribution is 8.00. The van der Waals surface area contributed by atoms with Crippen molar-refractivity contribution in [3.05, 3.63) is 29.8 Å². The first-order valence-corrected chi connectivity index (χ1v) is 9.73. The molecule has 5 nitrogen and oxygen atoms in total. The van der Waals surface area contributed by atoms with Crippen LogP contribution in [0.2, 0.25) is 0 Å². The van der Waals surface area contributed by atoms with E-state index >= 15 is 0 Å². The number of carbonyl (C=O) groups is 1. The molecule has 1 aliphatic rings. The number of hydrogen-bond donors (Lipinski definition) is 0. The van der Waals surface area contributed by atoms with Crippen LogP contribution in [0, 0.1) is 0 Å². The average Bonchev–Trinajstić information content (AvgIpc) is 3.02. The minimum absolute atomic E-state index is 0.142. The first-order chi connectivity index (χ1) is 10.5. The third-order valence-electron chi connectivity index (χ3n) is 3.74. The molecule has 7 heteroatoms. The van der Waals surface area contributed by atoms with Crippen LogP contribution in [0.15, 0.2) is 29.2 Å². The number of ether oxygens (including phenoxy) is 1. The molecule has 0 aromatic heterocycles. The average molecular weight is 343 g/mol. The maximum Gasteiger partial charge on any atom is 0.315 e. The van der Waals surface area contributed by atoms with E-state index in [0.29, 0.717) is 18.0 Å². The first-order valence-electron chi connectivity index (χ1n) is 7.25. The largest absolute Gasteiger partial charge is 0.468 e. The molecule has 122 valence electrons. The standard InChI is InChI=1S/C15H21NO4S2/c1-3-12-4-6-14(7-5-12)22(18,19)16-9-8-13(10-16)21-11-15(17)20-2/h4-7,13H,3,8-11H2,1-2H3/t13-/m0/s1. The summed E-state index contributed by atoms with van der Waals surface area (Å²) < 4.78 is 31.3. The Kier molecular flexibility index (Phi) is 5.88. The Hall–Kier alpha value is -1.05. The van der Waals surface area contributed by atoms with E-state index in [1.54, 1.807) is 12.1 Å². The number of carbonyl (C=O) groups excluding carboxylic acids is 1. The minimum Gasteiger partial charge on any atom is -0.468 e. The fraction of sp³-hybridized carbons (Fsp3) is 0.533. The van der Waals surface area contributed by atoms with Crippen LogP contribution < -0.4 is 0 Å². The van der Waals surface area contributed by atoms with E-state index in [2.05, 4.69) is 4.74 Å². The van der Waals surface area contributed by atoms with Gasteiger partial charge < -0.3 is 4.74 Å². The number of nitrogens with zero attached hydrogens (tertiary/aromatic N) is 1. The molecule has 2 rings (SSSR count). The van der Waals surface area contributed by atoms with Gasteiger partial charge in [-0.2, -0.15) is 4.31 Å². The number of aryl methyl sites for hydroxylation is 1. The molecule has 0 spiro atoms. The summed E-state index contributed by atoms with van der Waals surface area (Å²) in [5.41, 5.74) is 1.12. The zero-order valence-electron chi connectivity index (χ0n) is 12.8. The van der Waals surface area contributed by atoms with Crippen molar-refractivity contribution in [3.63, 3.8) is 0 Å². The van der Waals surface area contributed by atoms with Crippen LogP contribution >= 0.6 is 11.8 Å². The Balaban J connectivity index is 2.00. The lowest BCUT2D eigenvalue weighted by Crippen LogP contribution is -2.29. The fourth-order valence-corrected chi connectivity index (χ4v) is 4.98. The molecule has 22 heavy (non-hydrogen) atoms. The molecule has 0 unspecified atom stereocenters. The second-order valence-electron chi connectivity index (χ2n) is 5.16.